The molecule has 1 fully saturated rings. The third kappa shape index (κ3) is 9.32. The van der Waals surface area contributed by atoms with Crippen molar-refractivity contribution in [1.29, 1.82) is 0 Å². The van der Waals surface area contributed by atoms with Gasteiger partial charge in [-0.25, -0.2) is 9.69 Å². The highest BCUT2D eigenvalue weighted by Crippen LogP contribution is 2.32. The lowest BCUT2D eigenvalue weighted by molar-refractivity contribution is -0.132. The fourth-order valence-electron chi connectivity index (χ4n) is 5.95. The second-order valence-electron chi connectivity index (χ2n) is 12.8. The van der Waals surface area contributed by atoms with Gasteiger partial charge in [0.2, 0.25) is 11.7 Å². The molecule has 0 unspecified atom stereocenters. The van der Waals surface area contributed by atoms with Crippen molar-refractivity contribution in [3.63, 3.8) is 0 Å². The van der Waals surface area contributed by atoms with Crippen LogP contribution in [-0.2, 0) is 38.5 Å². The topological polar surface area (TPSA) is 116 Å². The van der Waals surface area contributed by atoms with Gasteiger partial charge in [-0.2, -0.15) is 0 Å². The Bertz CT molecular complexity index is 1680. The number of aryl methyl sites for hydroxylation is 2. The van der Waals surface area contributed by atoms with Crippen LogP contribution in [0.15, 0.2) is 95.4 Å². The maximum atomic E-state index is 14.3. The summed E-state index contributed by atoms with van der Waals surface area (Å²) in [5.74, 6) is -1.65. The first-order valence-electron chi connectivity index (χ1n) is 16.9. The molecule has 3 atom stereocenters. The highest BCUT2D eigenvalue weighted by Gasteiger charge is 2.45. The van der Waals surface area contributed by atoms with Crippen molar-refractivity contribution >= 4 is 17.8 Å². The van der Waals surface area contributed by atoms with Crippen molar-refractivity contribution in [1.82, 2.24) is 4.90 Å². The lowest BCUT2D eigenvalue weighted by Crippen LogP contribution is -2.47. The number of carbonyl (C=O) groups is 3. The van der Waals surface area contributed by atoms with Crippen LogP contribution in [0.3, 0.4) is 0 Å². The van der Waals surface area contributed by atoms with Gasteiger partial charge >= 0.3 is 6.09 Å². The van der Waals surface area contributed by atoms with Gasteiger partial charge < -0.3 is 23.7 Å². The Kier molecular flexibility index (Phi) is 12.5. The molecule has 0 aliphatic carbocycles. The van der Waals surface area contributed by atoms with Gasteiger partial charge in [-0.1, -0.05) is 104 Å². The predicted molar refractivity (Wildman–Crippen MR) is 185 cm³/mol. The number of carbonyl (C=O) groups excluding carboxylic acids is 3. The van der Waals surface area contributed by atoms with Crippen molar-refractivity contribution < 1.29 is 38.1 Å². The number of aliphatic hydroxyl groups is 1. The van der Waals surface area contributed by atoms with E-state index in [1.54, 1.807) is 6.07 Å². The maximum absolute atomic E-state index is 14.3. The summed E-state index contributed by atoms with van der Waals surface area (Å²) in [5.41, 5.74) is 4.51. The van der Waals surface area contributed by atoms with Crippen LogP contribution >= 0.6 is 0 Å². The Balaban J connectivity index is 1.33. The quantitative estimate of drug-likeness (QED) is 0.0741. The second-order valence-corrected chi connectivity index (χ2v) is 12.8. The van der Waals surface area contributed by atoms with Crippen LogP contribution < -0.4 is 0 Å². The number of cyclic esters (lactones) is 1. The van der Waals surface area contributed by atoms with Crippen molar-refractivity contribution in [2.24, 2.45) is 11.8 Å². The molecule has 3 aromatic carbocycles. The lowest BCUT2D eigenvalue weighted by Gasteiger charge is -2.26. The van der Waals surface area contributed by atoms with E-state index in [0.29, 0.717) is 31.8 Å². The maximum Gasteiger partial charge on any atom is 0.417 e. The largest absolute Gasteiger partial charge is 0.457 e. The summed E-state index contributed by atoms with van der Waals surface area (Å²) in [6.07, 6.45) is -0.0353. The summed E-state index contributed by atoms with van der Waals surface area (Å²) in [4.78, 5) is 42.2. The molecule has 49 heavy (non-hydrogen) atoms. The molecule has 0 saturated carbocycles. The van der Waals surface area contributed by atoms with E-state index in [2.05, 4.69) is 0 Å². The zero-order valence-electron chi connectivity index (χ0n) is 28.4. The SMILES string of the molecule is Cc1cccc(-c2cc(C(=O)[C@H](Cc3ccccc3)C(=O)N3C(=O)OC[C@@H]3C(C)C)oc2CCCOC[C@@H](CO)OCc2ccccc2)c1. The third-order valence-electron chi connectivity index (χ3n) is 8.72. The van der Waals surface area contributed by atoms with E-state index >= 15 is 0 Å². The Hall–Kier alpha value is -4.57. The number of aliphatic hydroxyl groups excluding tert-OH is 1. The molecule has 4 aromatic rings. The van der Waals surface area contributed by atoms with Crippen LogP contribution in [0.25, 0.3) is 11.1 Å². The summed E-state index contributed by atoms with van der Waals surface area (Å²) in [6, 6.07) is 28.2. The van der Waals surface area contributed by atoms with Crippen molar-refractivity contribution in [3.05, 3.63) is 119 Å². The minimum absolute atomic E-state index is 0.0451. The molecule has 1 aliphatic heterocycles. The number of amides is 2. The summed E-state index contributed by atoms with van der Waals surface area (Å²) in [6.45, 7) is 6.75. The van der Waals surface area contributed by atoms with Crippen molar-refractivity contribution in [3.8, 4) is 11.1 Å². The van der Waals surface area contributed by atoms with Crippen LogP contribution in [-0.4, -0.2) is 66.4 Å². The van der Waals surface area contributed by atoms with E-state index in [0.717, 1.165) is 32.7 Å². The molecule has 9 heteroatoms. The molecule has 1 aromatic heterocycles. The minimum Gasteiger partial charge on any atom is -0.457 e. The standard InChI is InChI=1S/C40H45NO8/c1-27(2)35-26-48-40(45)41(35)39(44)34(21-29-13-6-4-7-14-29)38(43)37-22-33(31-17-10-12-28(3)20-31)36(49-37)18-11-19-46-25-32(23-42)47-24-30-15-8-5-9-16-30/h4-10,12-17,20,22,27,32,34-35,42H,11,18-19,21,23-26H2,1-3H3/t32-,34+,35-/m1/s1. The van der Waals surface area contributed by atoms with Gasteiger partial charge in [0.15, 0.2) is 5.76 Å². The fraction of sp³-hybridized carbons (Fsp3) is 0.375. The average molecular weight is 668 g/mol. The zero-order valence-corrected chi connectivity index (χ0v) is 28.4. The summed E-state index contributed by atoms with van der Waals surface area (Å²) < 4.78 is 23.2. The number of hydrogen-bond acceptors (Lipinski definition) is 8. The molecule has 0 bridgehead atoms. The monoisotopic (exact) mass is 667 g/mol. The number of ether oxygens (including phenoxy) is 3. The van der Waals surface area contributed by atoms with E-state index < -0.39 is 35.8 Å². The van der Waals surface area contributed by atoms with Gasteiger partial charge in [0.05, 0.1) is 25.9 Å². The normalized spacial score (nSPS) is 15.7. The average Bonchev–Trinajstić information content (AvgIpc) is 3.72. The van der Waals surface area contributed by atoms with E-state index in [-0.39, 0.29) is 37.9 Å². The highest BCUT2D eigenvalue weighted by molar-refractivity contribution is 6.12. The Morgan fingerprint density at radius 1 is 0.959 bits per heavy atom. The molecule has 258 valence electrons. The number of ketones is 1. The van der Waals surface area contributed by atoms with Crippen LogP contribution in [0.4, 0.5) is 4.79 Å². The molecule has 0 spiro atoms. The van der Waals surface area contributed by atoms with Crippen LogP contribution in [0.5, 0.6) is 0 Å². The predicted octanol–water partition coefficient (Wildman–Crippen LogP) is 6.83. The fourth-order valence-corrected chi connectivity index (χ4v) is 5.95. The van der Waals surface area contributed by atoms with Crippen LogP contribution in [0.1, 0.15) is 53.3 Å². The number of rotatable bonds is 17. The van der Waals surface area contributed by atoms with Gasteiger partial charge in [0, 0.05) is 18.6 Å². The Morgan fingerprint density at radius 3 is 2.35 bits per heavy atom. The molecule has 1 aliphatic rings. The van der Waals surface area contributed by atoms with E-state index in [1.807, 2.05) is 106 Å². The van der Waals surface area contributed by atoms with E-state index in [9.17, 15) is 19.5 Å². The zero-order chi connectivity index (χ0) is 34.8. The number of hydrogen-bond donors (Lipinski definition) is 1. The molecule has 1 N–H and O–H groups in total. The number of furan rings is 1. The first kappa shape index (κ1) is 35.7. The molecule has 2 heterocycles. The van der Waals surface area contributed by atoms with Gasteiger partial charge in [-0.05, 0) is 48.4 Å². The van der Waals surface area contributed by atoms with Crippen molar-refractivity contribution in [2.45, 2.75) is 58.8 Å². The molecule has 9 nitrogen and oxygen atoms in total. The first-order chi connectivity index (χ1) is 23.7. The number of imide groups is 1. The summed E-state index contributed by atoms with van der Waals surface area (Å²) >= 11 is 0. The molecule has 5 rings (SSSR count). The summed E-state index contributed by atoms with van der Waals surface area (Å²) in [7, 11) is 0. The van der Waals surface area contributed by atoms with Gasteiger partial charge in [0.1, 0.15) is 24.4 Å². The van der Waals surface area contributed by atoms with Gasteiger partial charge in [-0.3, -0.25) is 9.59 Å². The molecule has 1 saturated heterocycles. The third-order valence-corrected chi connectivity index (χ3v) is 8.72. The van der Waals surface area contributed by atoms with E-state index in [4.69, 9.17) is 18.6 Å². The molecular weight excluding hydrogens is 622 g/mol. The minimum atomic E-state index is -1.19. The molecule has 0 radical (unpaired) electrons. The smallest absolute Gasteiger partial charge is 0.417 e. The van der Waals surface area contributed by atoms with E-state index in [1.165, 1.54) is 0 Å². The van der Waals surface area contributed by atoms with Crippen LogP contribution in [0, 0.1) is 18.8 Å². The lowest BCUT2D eigenvalue weighted by atomic mass is 9.91. The second kappa shape index (κ2) is 17.2. The Labute approximate surface area is 287 Å². The van der Waals surface area contributed by atoms with Crippen LogP contribution in [0.2, 0.25) is 0 Å². The van der Waals surface area contributed by atoms with Gasteiger partial charge in [0.25, 0.3) is 0 Å². The van der Waals surface area contributed by atoms with Gasteiger partial charge in [-0.15, -0.1) is 0 Å². The number of benzene rings is 3. The number of nitrogens with zero attached hydrogens (tertiary/aromatic N) is 1. The summed E-state index contributed by atoms with van der Waals surface area (Å²) in [5, 5.41) is 9.78. The Morgan fingerprint density at radius 2 is 1.67 bits per heavy atom. The molecule has 2 amide bonds. The molecular formula is C40H45NO8. The number of Topliss-reactive ketones (excluding diaryl/α,β-unsaturated/α-hetero) is 1. The first-order valence-corrected chi connectivity index (χ1v) is 16.9. The van der Waals surface area contributed by atoms with Crippen molar-refractivity contribution in [2.75, 3.05) is 26.4 Å². The highest BCUT2D eigenvalue weighted by atomic mass is 16.6.